The van der Waals surface area contributed by atoms with Gasteiger partial charge in [-0.1, -0.05) is 18.7 Å². The first kappa shape index (κ1) is 11.8. The van der Waals surface area contributed by atoms with Gasteiger partial charge in [0.15, 0.2) is 0 Å². The number of benzene rings is 1. The number of rotatable bonds is 3. The first-order valence-corrected chi connectivity index (χ1v) is 5.45. The van der Waals surface area contributed by atoms with E-state index >= 15 is 0 Å². The van der Waals surface area contributed by atoms with Crippen molar-refractivity contribution >= 4 is 5.91 Å². The van der Waals surface area contributed by atoms with E-state index in [0.717, 1.165) is 0 Å². The van der Waals surface area contributed by atoms with Gasteiger partial charge in [0, 0.05) is 18.9 Å². The van der Waals surface area contributed by atoms with Gasteiger partial charge in [0.25, 0.3) is 0 Å². The third kappa shape index (κ3) is 2.36. The zero-order valence-electron chi connectivity index (χ0n) is 9.32. The van der Waals surface area contributed by atoms with Crippen molar-refractivity contribution in [3.8, 4) is 0 Å². The quantitative estimate of drug-likeness (QED) is 0.780. The number of halogens is 1. The maximum atomic E-state index is 12.7. The molecule has 3 nitrogen and oxygen atoms in total. The molecule has 0 unspecified atom stereocenters. The van der Waals surface area contributed by atoms with E-state index in [2.05, 4.69) is 11.9 Å². The maximum Gasteiger partial charge on any atom is 0.243 e. The monoisotopic (exact) mass is 235 g/mol. The summed E-state index contributed by atoms with van der Waals surface area (Å²) < 4.78 is 12.7. The van der Waals surface area contributed by atoms with Gasteiger partial charge < -0.3 is 10.4 Å². The molecule has 0 radical (unpaired) electrons. The van der Waals surface area contributed by atoms with Crippen LogP contribution in [0.2, 0.25) is 0 Å². The van der Waals surface area contributed by atoms with Crippen LogP contribution in [-0.4, -0.2) is 17.1 Å². The number of amides is 1. The molecule has 1 fully saturated rings. The van der Waals surface area contributed by atoms with E-state index in [1.165, 1.54) is 18.2 Å². The molecule has 4 heteroatoms. The fraction of sp³-hybridized carbons (Fsp3) is 0.308. The Morgan fingerprint density at radius 2 is 2.06 bits per heavy atom. The molecule has 0 aliphatic heterocycles. The van der Waals surface area contributed by atoms with Crippen LogP contribution in [-0.2, 0) is 10.4 Å². The maximum absolute atomic E-state index is 12.7. The van der Waals surface area contributed by atoms with E-state index in [4.69, 9.17) is 0 Å². The van der Waals surface area contributed by atoms with Crippen LogP contribution in [0, 0.1) is 5.82 Å². The predicted molar refractivity (Wildman–Crippen MR) is 61.7 cm³/mol. The number of carbonyl (C=O) groups excluding carboxylic acids is 1. The highest BCUT2D eigenvalue weighted by atomic mass is 19.1. The van der Waals surface area contributed by atoms with Crippen LogP contribution >= 0.6 is 0 Å². The number of hydrogen-bond donors (Lipinski definition) is 2. The van der Waals surface area contributed by atoms with Crippen LogP contribution in [0.5, 0.6) is 0 Å². The van der Waals surface area contributed by atoms with E-state index in [-0.39, 0.29) is 17.8 Å². The van der Waals surface area contributed by atoms with Gasteiger partial charge in [0.2, 0.25) is 5.91 Å². The Kier molecular flexibility index (Phi) is 2.98. The first-order valence-electron chi connectivity index (χ1n) is 5.45. The van der Waals surface area contributed by atoms with Gasteiger partial charge in [-0.05, 0) is 23.8 Å². The third-order valence-electron chi connectivity index (χ3n) is 3.08. The largest absolute Gasteiger partial charge is 0.385 e. The lowest BCUT2D eigenvalue weighted by Crippen LogP contribution is -2.52. The lowest BCUT2D eigenvalue weighted by molar-refractivity contribution is -0.121. The average Bonchev–Trinajstić information content (AvgIpc) is 2.27. The molecule has 1 aromatic rings. The minimum Gasteiger partial charge on any atom is -0.385 e. The molecular formula is C13H14FNO2. The summed E-state index contributed by atoms with van der Waals surface area (Å²) >= 11 is 0. The number of hydrogen-bond acceptors (Lipinski definition) is 2. The minimum absolute atomic E-state index is 0.0458. The normalized spacial score (nSPS) is 27.1. The predicted octanol–water partition coefficient (Wildman–Crippen LogP) is 1.48. The molecule has 0 spiro atoms. The average molecular weight is 235 g/mol. The second-order valence-corrected chi connectivity index (χ2v) is 4.36. The molecule has 0 aromatic heterocycles. The summed E-state index contributed by atoms with van der Waals surface area (Å²) in [5.74, 6) is -0.565. The smallest absolute Gasteiger partial charge is 0.243 e. The molecule has 0 bridgehead atoms. The summed E-state index contributed by atoms with van der Waals surface area (Å²) in [6.07, 6.45) is 2.09. The summed E-state index contributed by atoms with van der Waals surface area (Å²) in [6.45, 7) is 3.36. The molecule has 1 aliphatic carbocycles. The fourth-order valence-corrected chi connectivity index (χ4v) is 2.11. The van der Waals surface area contributed by atoms with Crippen molar-refractivity contribution in [2.45, 2.75) is 24.5 Å². The van der Waals surface area contributed by atoms with Gasteiger partial charge >= 0.3 is 0 Å². The highest BCUT2D eigenvalue weighted by Gasteiger charge is 2.44. The topological polar surface area (TPSA) is 49.3 Å². The Hall–Kier alpha value is -1.68. The molecule has 1 aliphatic rings. The SMILES string of the molecule is C=CC(=O)NC1CC(O)(c2ccc(F)cc2)C1. The first-order chi connectivity index (χ1) is 8.03. The lowest BCUT2D eigenvalue weighted by atomic mass is 9.71. The summed E-state index contributed by atoms with van der Waals surface area (Å²) in [5.41, 5.74) is -0.268. The van der Waals surface area contributed by atoms with Crippen molar-refractivity contribution < 1.29 is 14.3 Å². The van der Waals surface area contributed by atoms with E-state index in [1.807, 2.05) is 0 Å². The highest BCUT2D eigenvalue weighted by molar-refractivity contribution is 5.87. The second kappa shape index (κ2) is 4.30. The summed E-state index contributed by atoms with van der Waals surface area (Å²) in [4.78, 5) is 11.0. The van der Waals surface area contributed by atoms with E-state index < -0.39 is 5.60 Å². The molecular weight excluding hydrogens is 221 g/mol. The van der Waals surface area contributed by atoms with E-state index in [9.17, 15) is 14.3 Å². The second-order valence-electron chi connectivity index (χ2n) is 4.36. The van der Waals surface area contributed by atoms with Crippen LogP contribution in [0.25, 0.3) is 0 Å². The molecule has 2 rings (SSSR count). The van der Waals surface area contributed by atoms with Crippen LogP contribution in [0.1, 0.15) is 18.4 Å². The Labute approximate surface area is 99.0 Å². The number of aliphatic hydroxyl groups is 1. The zero-order chi connectivity index (χ0) is 12.5. The third-order valence-corrected chi connectivity index (χ3v) is 3.08. The van der Waals surface area contributed by atoms with Crippen LogP contribution in [0.4, 0.5) is 4.39 Å². The van der Waals surface area contributed by atoms with E-state index in [0.29, 0.717) is 18.4 Å². The summed E-state index contributed by atoms with van der Waals surface area (Å²) in [7, 11) is 0. The molecule has 90 valence electrons. The molecule has 1 aromatic carbocycles. The molecule has 2 N–H and O–H groups in total. The van der Waals surface area contributed by atoms with Crippen molar-refractivity contribution in [3.05, 3.63) is 48.3 Å². The minimum atomic E-state index is -0.952. The van der Waals surface area contributed by atoms with Gasteiger partial charge in [-0.15, -0.1) is 0 Å². The molecule has 17 heavy (non-hydrogen) atoms. The van der Waals surface area contributed by atoms with Gasteiger partial charge in [0.1, 0.15) is 5.82 Å². The standard InChI is InChI=1S/C13H14FNO2/c1-2-12(16)15-11-7-13(17,8-11)9-3-5-10(14)6-4-9/h2-6,11,17H,1,7-8H2,(H,15,16). The van der Waals surface area contributed by atoms with Gasteiger partial charge in [0.05, 0.1) is 5.60 Å². The van der Waals surface area contributed by atoms with E-state index in [1.54, 1.807) is 12.1 Å². The van der Waals surface area contributed by atoms with Gasteiger partial charge in [-0.2, -0.15) is 0 Å². The molecule has 0 heterocycles. The molecule has 1 amide bonds. The summed E-state index contributed by atoms with van der Waals surface area (Å²) in [6, 6.07) is 5.74. The van der Waals surface area contributed by atoms with Crippen molar-refractivity contribution in [2.24, 2.45) is 0 Å². The Balaban J connectivity index is 1.98. The van der Waals surface area contributed by atoms with Crippen LogP contribution < -0.4 is 5.32 Å². The Morgan fingerprint density at radius 3 is 2.59 bits per heavy atom. The number of nitrogens with one attached hydrogen (secondary N) is 1. The molecule has 0 atom stereocenters. The van der Waals surface area contributed by atoms with Crippen LogP contribution in [0.3, 0.4) is 0 Å². The van der Waals surface area contributed by atoms with Crippen molar-refractivity contribution in [2.75, 3.05) is 0 Å². The van der Waals surface area contributed by atoms with Gasteiger partial charge in [-0.3, -0.25) is 4.79 Å². The highest BCUT2D eigenvalue weighted by Crippen LogP contribution is 2.41. The fourth-order valence-electron chi connectivity index (χ4n) is 2.11. The van der Waals surface area contributed by atoms with Gasteiger partial charge in [-0.25, -0.2) is 4.39 Å². The number of carbonyl (C=O) groups is 1. The molecule has 0 saturated heterocycles. The van der Waals surface area contributed by atoms with Crippen molar-refractivity contribution in [1.29, 1.82) is 0 Å². The van der Waals surface area contributed by atoms with Crippen molar-refractivity contribution in [3.63, 3.8) is 0 Å². The Bertz CT molecular complexity index is 435. The summed E-state index contributed by atoms with van der Waals surface area (Å²) in [5, 5.41) is 12.9. The lowest BCUT2D eigenvalue weighted by Gasteiger charge is -2.44. The molecule has 1 saturated carbocycles. The van der Waals surface area contributed by atoms with Crippen molar-refractivity contribution in [1.82, 2.24) is 5.32 Å². The zero-order valence-corrected chi connectivity index (χ0v) is 9.32. The Morgan fingerprint density at radius 1 is 1.47 bits per heavy atom. The van der Waals surface area contributed by atoms with Crippen LogP contribution in [0.15, 0.2) is 36.9 Å².